The maximum atomic E-state index is 13.4. The summed E-state index contributed by atoms with van der Waals surface area (Å²) in [5.74, 6) is -0.772. The van der Waals surface area contributed by atoms with Gasteiger partial charge in [-0.3, -0.25) is 4.79 Å². The molecule has 0 aliphatic carbocycles. The first-order valence-corrected chi connectivity index (χ1v) is 14.2. The lowest BCUT2D eigenvalue weighted by atomic mass is 10.2. The van der Waals surface area contributed by atoms with Crippen LogP contribution < -0.4 is 5.43 Å². The summed E-state index contributed by atoms with van der Waals surface area (Å²) in [7, 11) is -8.05. The van der Waals surface area contributed by atoms with Gasteiger partial charge in [0, 0.05) is 30.2 Å². The molecule has 3 aromatic rings. The molecule has 0 spiro atoms. The average molecular weight is 547 g/mol. The van der Waals surface area contributed by atoms with Gasteiger partial charge in [-0.2, -0.15) is 13.7 Å². The summed E-state index contributed by atoms with van der Waals surface area (Å²) in [6.07, 6.45) is 1.33. The van der Waals surface area contributed by atoms with Crippen molar-refractivity contribution in [3.63, 3.8) is 0 Å². The van der Waals surface area contributed by atoms with Crippen LogP contribution in [0.15, 0.2) is 99.8 Å². The van der Waals surface area contributed by atoms with E-state index in [4.69, 9.17) is 11.6 Å². The SMILES string of the molecule is O=C(N/N=C\c1ccccc1Cl)[C@H]1CN(S(=O)(=O)c2ccccc2)CCN1S(=O)(=O)c1ccccc1. The van der Waals surface area contributed by atoms with Gasteiger partial charge in [-0.05, 0) is 30.3 Å². The third kappa shape index (κ3) is 5.50. The van der Waals surface area contributed by atoms with E-state index < -0.39 is 32.0 Å². The van der Waals surface area contributed by atoms with E-state index in [2.05, 4.69) is 10.5 Å². The van der Waals surface area contributed by atoms with Gasteiger partial charge >= 0.3 is 0 Å². The molecule has 0 unspecified atom stereocenters. The van der Waals surface area contributed by atoms with Crippen molar-refractivity contribution in [1.82, 2.24) is 14.0 Å². The van der Waals surface area contributed by atoms with Gasteiger partial charge in [0.2, 0.25) is 20.0 Å². The zero-order valence-corrected chi connectivity index (χ0v) is 21.3. The smallest absolute Gasteiger partial charge is 0.259 e. The fourth-order valence-electron chi connectivity index (χ4n) is 3.75. The number of piperazine rings is 1. The van der Waals surface area contributed by atoms with E-state index >= 15 is 0 Å². The van der Waals surface area contributed by atoms with Crippen LogP contribution in [0.3, 0.4) is 0 Å². The number of amides is 1. The van der Waals surface area contributed by atoms with E-state index in [1.54, 1.807) is 60.7 Å². The van der Waals surface area contributed by atoms with E-state index in [-0.39, 0.29) is 29.4 Å². The van der Waals surface area contributed by atoms with Gasteiger partial charge in [0.25, 0.3) is 5.91 Å². The zero-order chi connectivity index (χ0) is 25.8. The fraction of sp³-hybridized carbons (Fsp3) is 0.167. The third-order valence-electron chi connectivity index (χ3n) is 5.61. The molecular weight excluding hydrogens is 524 g/mol. The summed E-state index contributed by atoms with van der Waals surface area (Å²) >= 11 is 6.10. The first kappa shape index (κ1) is 26.0. The largest absolute Gasteiger partial charge is 0.271 e. The van der Waals surface area contributed by atoms with Crippen molar-refractivity contribution in [3.8, 4) is 0 Å². The molecule has 1 heterocycles. The highest BCUT2D eigenvalue weighted by Crippen LogP contribution is 2.25. The van der Waals surface area contributed by atoms with Crippen molar-refractivity contribution in [2.45, 2.75) is 15.8 Å². The predicted molar refractivity (Wildman–Crippen MR) is 137 cm³/mol. The van der Waals surface area contributed by atoms with Gasteiger partial charge in [0.1, 0.15) is 6.04 Å². The molecule has 9 nitrogen and oxygen atoms in total. The number of hydrogen-bond donors (Lipinski definition) is 1. The van der Waals surface area contributed by atoms with Crippen LogP contribution in [0, 0.1) is 0 Å². The Morgan fingerprint density at radius 3 is 2.00 bits per heavy atom. The van der Waals surface area contributed by atoms with Gasteiger partial charge < -0.3 is 0 Å². The molecule has 1 atom stereocenters. The Morgan fingerprint density at radius 1 is 0.833 bits per heavy atom. The number of rotatable bonds is 7. The number of carbonyl (C=O) groups is 1. The maximum absolute atomic E-state index is 13.4. The van der Waals surface area contributed by atoms with Crippen LogP contribution in [-0.4, -0.2) is 63.2 Å². The second-order valence-corrected chi connectivity index (χ2v) is 12.1. The summed E-state index contributed by atoms with van der Waals surface area (Å²) in [5.41, 5.74) is 2.88. The fourth-order valence-corrected chi connectivity index (χ4v) is 6.98. The summed E-state index contributed by atoms with van der Waals surface area (Å²) in [6, 6.07) is 20.9. The Hall–Kier alpha value is -3.09. The summed E-state index contributed by atoms with van der Waals surface area (Å²) < 4.78 is 55.3. The topological polar surface area (TPSA) is 116 Å². The van der Waals surface area contributed by atoms with Crippen LogP contribution in [0.25, 0.3) is 0 Å². The van der Waals surface area contributed by atoms with Crippen LogP contribution in [0.4, 0.5) is 0 Å². The van der Waals surface area contributed by atoms with Crippen LogP contribution >= 0.6 is 11.6 Å². The monoisotopic (exact) mass is 546 g/mol. The molecule has 1 amide bonds. The number of benzene rings is 3. The quantitative estimate of drug-likeness (QED) is 0.361. The van der Waals surface area contributed by atoms with Crippen molar-refractivity contribution in [2.75, 3.05) is 19.6 Å². The molecule has 1 fully saturated rings. The molecule has 188 valence electrons. The lowest BCUT2D eigenvalue weighted by molar-refractivity contribution is -0.125. The zero-order valence-electron chi connectivity index (χ0n) is 18.9. The van der Waals surface area contributed by atoms with Crippen molar-refractivity contribution in [1.29, 1.82) is 0 Å². The number of hydrogen-bond acceptors (Lipinski definition) is 6. The lowest BCUT2D eigenvalue weighted by Crippen LogP contribution is -2.60. The molecule has 4 rings (SSSR count). The van der Waals surface area contributed by atoms with Crippen molar-refractivity contribution >= 4 is 43.8 Å². The highest BCUT2D eigenvalue weighted by molar-refractivity contribution is 7.89. The van der Waals surface area contributed by atoms with Crippen molar-refractivity contribution in [2.24, 2.45) is 5.10 Å². The number of nitrogens with one attached hydrogen (secondary N) is 1. The molecule has 3 aromatic carbocycles. The van der Waals surface area contributed by atoms with Crippen LogP contribution in [-0.2, 0) is 24.8 Å². The minimum Gasteiger partial charge on any atom is -0.271 e. The van der Waals surface area contributed by atoms with Gasteiger partial charge in [-0.15, -0.1) is 0 Å². The summed E-state index contributed by atoms with van der Waals surface area (Å²) in [5, 5.41) is 4.33. The van der Waals surface area contributed by atoms with Crippen molar-refractivity contribution < 1.29 is 21.6 Å². The average Bonchev–Trinajstić information content (AvgIpc) is 2.90. The predicted octanol–water partition coefficient (Wildman–Crippen LogP) is 2.55. The molecule has 0 radical (unpaired) electrons. The molecule has 0 aromatic heterocycles. The molecular formula is C24H23ClN4O5S2. The van der Waals surface area contributed by atoms with E-state index in [1.165, 1.54) is 30.5 Å². The number of hydrazone groups is 1. The van der Waals surface area contributed by atoms with Crippen molar-refractivity contribution in [3.05, 3.63) is 95.5 Å². The Balaban J connectivity index is 1.63. The van der Waals surface area contributed by atoms with Gasteiger partial charge in [-0.1, -0.05) is 66.2 Å². The molecule has 12 heteroatoms. The standard InChI is InChI=1S/C24H23ClN4O5S2/c25-22-14-8-7-9-19(22)17-26-27-24(30)23-18-28(35(31,32)20-10-3-1-4-11-20)15-16-29(23)36(33,34)21-12-5-2-6-13-21/h1-14,17,23H,15-16,18H2,(H,27,30)/b26-17-/t23-/m1/s1. The first-order valence-electron chi connectivity index (χ1n) is 10.9. The molecule has 0 saturated carbocycles. The molecule has 1 N–H and O–H groups in total. The van der Waals surface area contributed by atoms with Crippen LogP contribution in [0.1, 0.15) is 5.56 Å². The number of nitrogens with zero attached hydrogens (tertiary/aromatic N) is 3. The Kier molecular flexibility index (Phi) is 7.86. The van der Waals surface area contributed by atoms with Gasteiger partial charge in [-0.25, -0.2) is 22.3 Å². The van der Waals surface area contributed by atoms with E-state index in [9.17, 15) is 21.6 Å². The number of carbonyl (C=O) groups excluding carboxylic acids is 1. The molecule has 1 saturated heterocycles. The normalized spacial score (nSPS) is 17.8. The highest BCUT2D eigenvalue weighted by atomic mass is 35.5. The van der Waals surface area contributed by atoms with E-state index in [1.807, 2.05) is 0 Å². The molecule has 0 bridgehead atoms. The molecule has 1 aliphatic heterocycles. The minimum atomic E-state index is -4.10. The Bertz CT molecular complexity index is 1470. The second kappa shape index (κ2) is 10.9. The van der Waals surface area contributed by atoms with Gasteiger partial charge in [0.05, 0.1) is 16.0 Å². The summed E-state index contributed by atoms with van der Waals surface area (Å²) in [4.78, 5) is 13.2. The minimum absolute atomic E-state index is 0.00161. The number of sulfonamides is 2. The van der Waals surface area contributed by atoms with E-state index in [0.29, 0.717) is 10.6 Å². The Morgan fingerprint density at radius 2 is 1.39 bits per heavy atom. The Labute approximate surface area is 215 Å². The molecule has 1 aliphatic rings. The summed E-state index contributed by atoms with van der Waals surface area (Å²) in [6.45, 7) is -0.706. The maximum Gasteiger partial charge on any atom is 0.259 e. The second-order valence-electron chi connectivity index (χ2n) is 7.88. The van der Waals surface area contributed by atoms with Crippen LogP contribution in [0.2, 0.25) is 5.02 Å². The third-order valence-corrected chi connectivity index (χ3v) is 9.76. The lowest BCUT2D eigenvalue weighted by Gasteiger charge is -2.38. The molecule has 36 heavy (non-hydrogen) atoms. The highest BCUT2D eigenvalue weighted by Gasteiger charge is 2.43. The first-order chi connectivity index (χ1) is 17.2. The van der Waals surface area contributed by atoms with E-state index in [0.717, 1.165) is 8.61 Å². The van der Waals surface area contributed by atoms with Gasteiger partial charge in [0.15, 0.2) is 0 Å². The number of halogens is 1. The van der Waals surface area contributed by atoms with Crippen LogP contribution in [0.5, 0.6) is 0 Å².